The van der Waals surface area contributed by atoms with Crippen LogP contribution in [0.4, 0.5) is 0 Å². The van der Waals surface area contributed by atoms with Gasteiger partial charge in [0, 0.05) is 36.9 Å². The summed E-state index contributed by atoms with van der Waals surface area (Å²) in [6.07, 6.45) is 0. The first-order valence-corrected chi connectivity index (χ1v) is 8.78. The van der Waals surface area contributed by atoms with E-state index in [9.17, 15) is 9.59 Å². The summed E-state index contributed by atoms with van der Waals surface area (Å²) in [5.74, 6) is 0.173. The highest BCUT2D eigenvalue weighted by Crippen LogP contribution is 2.20. The summed E-state index contributed by atoms with van der Waals surface area (Å²) < 4.78 is 0. The number of hydrogen-bond donors (Lipinski definition) is 2. The van der Waals surface area contributed by atoms with Crippen molar-refractivity contribution in [3.63, 3.8) is 0 Å². The van der Waals surface area contributed by atoms with Gasteiger partial charge < -0.3 is 10.2 Å². The summed E-state index contributed by atoms with van der Waals surface area (Å²) >= 11 is 2.84. The second kappa shape index (κ2) is 8.76. The van der Waals surface area contributed by atoms with E-state index in [0.29, 0.717) is 12.1 Å². The maximum absolute atomic E-state index is 10.5. The van der Waals surface area contributed by atoms with Crippen molar-refractivity contribution in [3.05, 3.63) is 0 Å². The van der Waals surface area contributed by atoms with Crippen LogP contribution in [-0.2, 0) is 9.59 Å². The molecule has 1 heterocycles. The molecule has 0 spiro atoms. The molecule has 0 amide bonds. The Morgan fingerprint density at radius 3 is 1.60 bits per heavy atom. The zero-order chi connectivity index (χ0) is 15.1. The van der Waals surface area contributed by atoms with E-state index in [-0.39, 0.29) is 11.5 Å². The number of carboxylic acid groups (broad SMARTS) is 2. The number of hydrogen-bond acceptors (Lipinski definition) is 6. The Morgan fingerprint density at radius 2 is 1.30 bits per heavy atom. The predicted molar refractivity (Wildman–Crippen MR) is 82.3 cm³/mol. The standard InChI is InChI=1S/C12H22N2O4S2/c1-9-3-14(8-20-6-12(17)18)10(2)4-13(9)7-19-5-11(15)16/h9-10H,3-8H2,1-2H3,(H,15,16)(H,17,18). The van der Waals surface area contributed by atoms with Crippen molar-refractivity contribution >= 4 is 35.5 Å². The number of aliphatic carboxylic acids is 2. The average molecular weight is 322 g/mol. The molecule has 1 rings (SSSR count). The van der Waals surface area contributed by atoms with Crippen molar-refractivity contribution in [1.82, 2.24) is 9.80 Å². The van der Waals surface area contributed by atoms with Crippen LogP contribution in [0.2, 0.25) is 0 Å². The topological polar surface area (TPSA) is 81.1 Å². The van der Waals surface area contributed by atoms with Gasteiger partial charge in [-0.05, 0) is 13.8 Å². The maximum Gasteiger partial charge on any atom is 0.313 e. The molecule has 0 aliphatic carbocycles. The molecule has 0 radical (unpaired) electrons. The van der Waals surface area contributed by atoms with Crippen molar-refractivity contribution in [1.29, 1.82) is 0 Å². The molecule has 1 aliphatic rings. The molecule has 0 bridgehead atoms. The first-order valence-electron chi connectivity index (χ1n) is 6.47. The molecular formula is C12H22N2O4S2. The second-order valence-corrected chi connectivity index (χ2v) is 6.89. The highest BCUT2D eigenvalue weighted by Gasteiger charge is 2.28. The van der Waals surface area contributed by atoms with E-state index >= 15 is 0 Å². The van der Waals surface area contributed by atoms with E-state index < -0.39 is 11.9 Å². The Bertz CT molecular complexity index is 311. The van der Waals surface area contributed by atoms with Crippen molar-refractivity contribution in [3.8, 4) is 0 Å². The highest BCUT2D eigenvalue weighted by atomic mass is 32.2. The number of nitrogens with zero attached hydrogens (tertiary/aromatic N) is 2. The fraction of sp³-hybridized carbons (Fsp3) is 0.833. The maximum atomic E-state index is 10.5. The second-order valence-electron chi connectivity index (χ2n) is 4.98. The third-order valence-electron chi connectivity index (χ3n) is 3.21. The zero-order valence-corrected chi connectivity index (χ0v) is 13.5. The van der Waals surface area contributed by atoms with Crippen LogP contribution in [0.5, 0.6) is 0 Å². The first kappa shape index (κ1) is 17.6. The lowest BCUT2D eigenvalue weighted by atomic mass is 10.1. The van der Waals surface area contributed by atoms with Gasteiger partial charge >= 0.3 is 11.9 Å². The number of thioether (sulfide) groups is 2. The molecule has 0 saturated carbocycles. The number of rotatable bonds is 8. The lowest BCUT2D eigenvalue weighted by Gasteiger charge is -2.43. The van der Waals surface area contributed by atoms with Gasteiger partial charge in [-0.3, -0.25) is 19.4 Å². The fourth-order valence-electron chi connectivity index (χ4n) is 2.13. The molecule has 0 aromatic rings. The minimum atomic E-state index is -0.778. The van der Waals surface area contributed by atoms with Gasteiger partial charge in [-0.2, -0.15) is 0 Å². The molecule has 0 aromatic carbocycles. The lowest BCUT2D eigenvalue weighted by Crippen LogP contribution is -2.55. The summed E-state index contributed by atoms with van der Waals surface area (Å²) in [5, 5.41) is 17.3. The summed E-state index contributed by atoms with van der Waals surface area (Å²) in [4.78, 5) is 25.6. The van der Waals surface area contributed by atoms with Crippen LogP contribution in [0.15, 0.2) is 0 Å². The van der Waals surface area contributed by atoms with Crippen LogP contribution >= 0.6 is 23.5 Å². The number of carboxylic acids is 2. The smallest absolute Gasteiger partial charge is 0.313 e. The van der Waals surface area contributed by atoms with Crippen LogP contribution in [0.25, 0.3) is 0 Å². The molecule has 2 atom stereocenters. The predicted octanol–water partition coefficient (Wildman–Crippen LogP) is 0.932. The minimum Gasteiger partial charge on any atom is -0.481 e. The molecule has 20 heavy (non-hydrogen) atoms. The van der Waals surface area contributed by atoms with Gasteiger partial charge in [0.05, 0.1) is 11.5 Å². The van der Waals surface area contributed by atoms with Crippen molar-refractivity contribution in [2.24, 2.45) is 0 Å². The third-order valence-corrected chi connectivity index (χ3v) is 5.14. The van der Waals surface area contributed by atoms with Crippen LogP contribution < -0.4 is 0 Å². The Hall–Kier alpha value is -0.440. The SMILES string of the molecule is CC1CN(CSCC(=O)O)C(C)CN1CSCC(=O)O. The number of carbonyl (C=O) groups is 2. The van der Waals surface area contributed by atoms with Crippen LogP contribution in [0.1, 0.15) is 13.8 Å². The van der Waals surface area contributed by atoms with Gasteiger partial charge in [0.25, 0.3) is 0 Å². The normalized spacial score (nSPS) is 24.7. The van der Waals surface area contributed by atoms with Crippen LogP contribution in [0, 0.1) is 0 Å². The quantitative estimate of drug-likeness (QED) is 0.683. The highest BCUT2D eigenvalue weighted by molar-refractivity contribution is 8.00. The van der Waals surface area contributed by atoms with Crippen LogP contribution in [0.3, 0.4) is 0 Å². The molecule has 1 aliphatic heterocycles. The molecule has 8 heteroatoms. The molecule has 2 N–H and O–H groups in total. The van der Waals surface area contributed by atoms with E-state index in [2.05, 4.69) is 23.6 Å². The molecule has 1 fully saturated rings. The summed E-state index contributed by atoms with van der Waals surface area (Å²) in [7, 11) is 0. The van der Waals surface area contributed by atoms with E-state index in [1.807, 2.05) is 0 Å². The van der Waals surface area contributed by atoms with Gasteiger partial charge in [-0.15, -0.1) is 23.5 Å². The monoisotopic (exact) mass is 322 g/mol. The minimum absolute atomic E-state index is 0.135. The Kier molecular flexibility index (Phi) is 7.71. The Morgan fingerprint density at radius 1 is 0.950 bits per heavy atom. The first-order chi connectivity index (χ1) is 9.40. The summed E-state index contributed by atoms with van der Waals surface area (Å²) in [5.41, 5.74) is 0. The van der Waals surface area contributed by atoms with Crippen LogP contribution in [-0.4, -0.2) is 80.4 Å². The van der Waals surface area contributed by atoms with Crippen molar-refractivity contribution in [2.75, 3.05) is 36.3 Å². The summed E-state index contributed by atoms with van der Waals surface area (Å²) in [6.45, 7) is 6.03. The van der Waals surface area contributed by atoms with E-state index in [1.165, 1.54) is 23.5 Å². The Balaban J connectivity index is 2.33. The van der Waals surface area contributed by atoms with E-state index in [1.54, 1.807) is 0 Å². The fourth-order valence-corrected chi connectivity index (χ4v) is 3.85. The molecule has 1 saturated heterocycles. The van der Waals surface area contributed by atoms with E-state index in [4.69, 9.17) is 10.2 Å². The molecule has 6 nitrogen and oxygen atoms in total. The van der Waals surface area contributed by atoms with Gasteiger partial charge in [-0.25, -0.2) is 0 Å². The number of piperazine rings is 1. The van der Waals surface area contributed by atoms with Gasteiger partial charge in [-0.1, -0.05) is 0 Å². The van der Waals surface area contributed by atoms with Gasteiger partial charge in [0.15, 0.2) is 0 Å². The molecule has 0 aromatic heterocycles. The Labute approximate surface area is 127 Å². The van der Waals surface area contributed by atoms with Gasteiger partial charge in [0.2, 0.25) is 0 Å². The van der Waals surface area contributed by atoms with E-state index in [0.717, 1.165) is 24.8 Å². The molecule has 2 unspecified atom stereocenters. The summed E-state index contributed by atoms with van der Waals surface area (Å²) in [6, 6.07) is 0.718. The third kappa shape index (κ3) is 6.34. The average Bonchev–Trinajstić information content (AvgIpc) is 2.33. The molecule has 116 valence electrons. The largest absolute Gasteiger partial charge is 0.481 e. The zero-order valence-electron chi connectivity index (χ0n) is 11.8. The van der Waals surface area contributed by atoms with Crippen molar-refractivity contribution < 1.29 is 19.8 Å². The lowest BCUT2D eigenvalue weighted by molar-refractivity contribution is -0.135. The van der Waals surface area contributed by atoms with Gasteiger partial charge in [0.1, 0.15) is 0 Å². The van der Waals surface area contributed by atoms with Crippen molar-refractivity contribution in [2.45, 2.75) is 25.9 Å². The molecular weight excluding hydrogens is 300 g/mol.